The first-order valence-corrected chi connectivity index (χ1v) is 14.6. The Hall–Kier alpha value is -0.0800. The molecule has 5 aliphatic carbocycles. The number of fused-ring (bicyclic) bond motifs is 5. The molecule has 2 heteroatoms. The van der Waals surface area contributed by atoms with E-state index in [4.69, 9.17) is 4.74 Å². The van der Waals surface area contributed by atoms with Crippen molar-refractivity contribution in [2.45, 2.75) is 123 Å². The molecule has 0 heterocycles. The fourth-order valence-corrected chi connectivity index (χ4v) is 10.4. The molecule has 0 aromatic rings. The second-order valence-corrected chi connectivity index (χ2v) is 13.7. The number of hydrogen-bond donors (Lipinski definition) is 1. The van der Waals surface area contributed by atoms with Crippen LogP contribution in [0.5, 0.6) is 0 Å². The minimum atomic E-state index is -0.00984. The first-order chi connectivity index (χ1) is 15.4. The van der Waals surface area contributed by atoms with Crippen molar-refractivity contribution < 1.29 is 9.84 Å². The number of ether oxygens (including phenoxy) is 1. The van der Waals surface area contributed by atoms with Gasteiger partial charge in [0.05, 0.1) is 6.10 Å². The van der Waals surface area contributed by atoms with Gasteiger partial charge < -0.3 is 9.84 Å². The Morgan fingerprint density at radius 3 is 2.25 bits per heavy atom. The van der Waals surface area contributed by atoms with Gasteiger partial charge in [0.15, 0.2) is 0 Å². The van der Waals surface area contributed by atoms with Crippen LogP contribution in [-0.4, -0.2) is 24.9 Å². The monoisotopic (exact) mass is 444 g/mol. The maximum absolute atomic E-state index is 10.3. The highest BCUT2D eigenvalue weighted by Gasteiger charge is 2.59. The third kappa shape index (κ3) is 4.23. The largest absolute Gasteiger partial charge is 0.393 e. The van der Waals surface area contributed by atoms with Crippen molar-refractivity contribution in [1.29, 1.82) is 0 Å². The molecule has 0 radical (unpaired) electrons. The molecule has 1 N–H and O–H groups in total. The summed E-state index contributed by atoms with van der Waals surface area (Å²) in [7, 11) is 1.86. The summed E-state index contributed by atoms with van der Waals surface area (Å²) in [6.45, 7) is 6.34. The third-order valence-electron chi connectivity index (χ3n) is 12.4. The second-order valence-electron chi connectivity index (χ2n) is 13.7. The van der Waals surface area contributed by atoms with Gasteiger partial charge in [-0.05, 0) is 129 Å². The Balaban J connectivity index is 1.15. The highest BCUT2D eigenvalue weighted by Crippen LogP contribution is 2.67. The van der Waals surface area contributed by atoms with Crippen LogP contribution in [-0.2, 0) is 4.74 Å². The van der Waals surface area contributed by atoms with Crippen LogP contribution < -0.4 is 0 Å². The van der Waals surface area contributed by atoms with Gasteiger partial charge in [-0.2, -0.15) is 0 Å². The van der Waals surface area contributed by atoms with E-state index in [0.29, 0.717) is 10.8 Å². The van der Waals surface area contributed by atoms with Crippen LogP contribution in [0.2, 0.25) is 0 Å². The quantitative estimate of drug-likeness (QED) is 0.456. The summed E-state index contributed by atoms with van der Waals surface area (Å²) in [4.78, 5) is 0. The molecule has 0 spiro atoms. The molecule has 8 atom stereocenters. The molecule has 5 fully saturated rings. The average Bonchev–Trinajstić information content (AvgIpc) is 3.12. The van der Waals surface area contributed by atoms with Crippen molar-refractivity contribution in [3.63, 3.8) is 0 Å². The molecule has 2 nitrogen and oxygen atoms in total. The Kier molecular flexibility index (Phi) is 7.04. The van der Waals surface area contributed by atoms with Crippen LogP contribution in [0.4, 0.5) is 0 Å². The van der Waals surface area contributed by atoms with Gasteiger partial charge in [-0.15, -0.1) is 0 Å². The van der Waals surface area contributed by atoms with E-state index < -0.39 is 0 Å². The van der Waals surface area contributed by atoms with Crippen molar-refractivity contribution >= 4 is 0 Å². The average molecular weight is 445 g/mol. The number of aliphatic hydroxyl groups excluding tert-OH is 1. The molecule has 0 saturated heterocycles. The minimum absolute atomic E-state index is 0.00984. The summed E-state index contributed by atoms with van der Waals surface area (Å²) in [5, 5.41) is 10.3. The maximum atomic E-state index is 10.3. The lowest BCUT2D eigenvalue weighted by Crippen LogP contribution is -2.53. The van der Waals surface area contributed by atoms with Crippen LogP contribution >= 0.6 is 0 Å². The van der Waals surface area contributed by atoms with Crippen LogP contribution in [0.1, 0.15) is 117 Å². The molecule has 0 aliphatic heterocycles. The molecule has 5 aliphatic rings. The normalized spacial score (nSPS) is 51.0. The van der Waals surface area contributed by atoms with Gasteiger partial charge in [0.1, 0.15) is 0 Å². The van der Waals surface area contributed by atoms with Crippen LogP contribution in [0, 0.1) is 52.3 Å². The highest BCUT2D eigenvalue weighted by molar-refractivity contribution is 5.09. The van der Waals surface area contributed by atoms with Crippen LogP contribution in [0.25, 0.3) is 0 Å². The van der Waals surface area contributed by atoms with Crippen molar-refractivity contribution in [3.05, 3.63) is 0 Å². The van der Waals surface area contributed by atoms with E-state index in [1.54, 1.807) is 0 Å². The van der Waals surface area contributed by atoms with E-state index in [0.717, 1.165) is 60.9 Å². The zero-order valence-electron chi connectivity index (χ0n) is 21.5. The molecule has 0 bridgehead atoms. The summed E-state index contributed by atoms with van der Waals surface area (Å²) in [5.41, 5.74) is 1.16. The lowest BCUT2D eigenvalue weighted by atomic mass is 9.44. The smallest absolute Gasteiger partial charge is 0.0543 e. The summed E-state index contributed by atoms with van der Waals surface area (Å²) in [6.07, 6.45) is 22.5. The van der Waals surface area contributed by atoms with Crippen LogP contribution in [0.3, 0.4) is 0 Å². The summed E-state index contributed by atoms with van der Waals surface area (Å²) in [5.74, 6) is 6.58. The molecule has 8 unspecified atom stereocenters. The van der Waals surface area contributed by atoms with E-state index in [-0.39, 0.29) is 6.10 Å². The van der Waals surface area contributed by atoms with Gasteiger partial charge in [-0.1, -0.05) is 39.5 Å². The summed E-state index contributed by atoms with van der Waals surface area (Å²) < 4.78 is 5.39. The Morgan fingerprint density at radius 2 is 1.47 bits per heavy atom. The van der Waals surface area contributed by atoms with E-state index in [9.17, 15) is 5.11 Å². The Morgan fingerprint density at radius 1 is 0.750 bits per heavy atom. The SMILES string of the molecule is COCC1CCC(CCCC2CCC3C4CCC5CC(O)CCC5(C)C4CCC23C)CC1. The third-order valence-corrected chi connectivity index (χ3v) is 12.4. The van der Waals surface area contributed by atoms with Gasteiger partial charge >= 0.3 is 0 Å². The zero-order valence-corrected chi connectivity index (χ0v) is 21.5. The summed E-state index contributed by atoms with van der Waals surface area (Å²) in [6, 6.07) is 0. The fourth-order valence-electron chi connectivity index (χ4n) is 10.4. The molecule has 5 rings (SSSR count). The second kappa shape index (κ2) is 9.52. The van der Waals surface area contributed by atoms with Gasteiger partial charge in [0, 0.05) is 13.7 Å². The van der Waals surface area contributed by atoms with Gasteiger partial charge in [-0.3, -0.25) is 0 Å². The van der Waals surface area contributed by atoms with Crippen molar-refractivity contribution in [2.75, 3.05) is 13.7 Å². The molecule has 0 aromatic carbocycles. The minimum Gasteiger partial charge on any atom is -0.393 e. The molecule has 32 heavy (non-hydrogen) atoms. The molecule has 0 aromatic heterocycles. The molecule has 0 amide bonds. The lowest BCUT2D eigenvalue weighted by molar-refractivity contribution is -0.127. The maximum Gasteiger partial charge on any atom is 0.0543 e. The lowest BCUT2D eigenvalue weighted by Gasteiger charge is -2.61. The van der Waals surface area contributed by atoms with Crippen molar-refractivity contribution in [3.8, 4) is 0 Å². The van der Waals surface area contributed by atoms with E-state index in [2.05, 4.69) is 13.8 Å². The molecule has 184 valence electrons. The Bertz CT molecular complexity index is 624. The highest BCUT2D eigenvalue weighted by atomic mass is 16.5. The number of hydrogen-bond acceptors (Lipinski definition) is 2. The van der Waals surface area contributed by atoms with Crippen molar-refractivity contribution in [1.82, 2.24) is 0 Å². The topological polar surface area (TPSA) is 29.5 Å². The zero-order chi connectivity index (χ0) is 22.3. The van der Waals surface area contributed by atoms with E-state index >= 15 is 0 Å². The van der Waals surface area contributed by atoms with E-state index in [1.807, 2.05) is 7.11 Å². The molecular formula is C30H52O2. The number of aliphatic hydroxyl groups is 1. The summed E-state index contributed by atoms with van der Waals surface area (Å²) >= 11 is 0. The van der Waals surface area contributed by atoms with Gasteiger partial charge in [-0.25, -0.2) is 0 Å². The first kappa shape index (κ1) is 23.7. The predicted molar refractivity (Wildman–Crippen MR) is 132 cm³/mol. The standard InChI is InChI=1S/C30H52O2/c1-29-18-16-28-26(13-11-24-19-25(31)15-17-30(24,28)2)27(29)14-12-23(29)6-4-5-21-7-9-22(10-8-21)20-32-3/h21-28,31H,4-20H2,1-3H3. The van der Waals surface area contributed by atoms with Crippen molar-refractivity contribution in [2.24, 2.45) is 52.3 Å². The first-order valence-electron chi connectivity index (χ1n) is 14.6. The fraction of sp³-hybridized carbons (Fsp3) is 1.00. The Labute approximate surface area is 198 Å². The van der Waals surface area contributed by atoms with E-state index in [1.165, 1.54) is 89.9 Å². The van der Waals surface area contributed by atoms with Gasteiger partial charge in [0.2, 0.25) is 0 Å². The predicted octanol–water partition coefficient (Wildman–Crippen LogP) is 7.63. The van der Waals surface area contributed by atoms with Gasteiger partial charge in [0.25, 0.3) is 0 Å². The molecule has 5 saturated carbocycles. The number of methoxy groups -OCH3 is 1. The molecular weight excluding hydrogens is 392 g/mol. The number of rotatable bonds is 6. The van der Waals surface area contributed by atoms with Crippen LogP contribution in [0.15, 0.2) is 0 Å².